The van der Waals surface area contributed by atoms with Gasteiger partial charge in [-0.2, -0.15) is 13.2 Å². The number of ether oxygens (including phenoxy) is 1. The maximum absolute atomic E-state index is 12.1. The molecule has 0 fully saturated rings. The topological polar surface area (TPSA) is 88.2 Å². The lowest BCUT2D eigenvalue weighted by Crippen LogP contribution is -2.10. The molecule has 0 amide bonds. The SMILES string of the molecule is CNCc1cc(Oc2ccc3c(c2)SC(C=O)N3)ncn1.CNc1cccc(C(F)(F)F)c1. The molecular formula is C22H22F3N5O2S. The third-order valence-corrected chi connectivity index (χ3v) is 5.46. The molecule has 4 rings (SSSR count). The minimum atomic E-state index is -4.26. The zero-order valence-electron chi connectivity index (χ0n) is 17.8. The average molecular weight is 478 g/mol. The fourth-order valence-electron chi connectivity index (χ4n) is 2.85. The van der Waals surface area contributed by atoms with Crippen LogP contribution in [0.3, 0.4) is 0 Å². The predicted molar refractivity (Wildman–Crippen MR) is 122 cm³/mol. The van der Waals surface area contributed by atoms with Gasteiger partial charge in [0.15, 0.2) is 6.29 Å². The first-order chi connectivity index (χ1) is 15.8. The summed E-state index contributed by atoms with van der Waals surface area (Å²) >= 11 is 1.47. The van der Waals surface area contributed by atoms with E-state index in [0.29, 0.717) is 23.9 Å². The second-order valence-corrected chi connectivity index (χ2v) is 7.97. The minimum absolute atomic E-state index is 0.225. The Hall–Kier alpha value is -3.31. The minimum Gasteiger partial charge on any atom is -0.439 e. The van der Waals surface area contributed by atoms with Gasteiger partial charge in [0.05, 0.1) is 11.3 Å². The van der Waals surface area contributed by atoms with Crippen molar-refractivity contribution in [1.82, 2.24) is 15.3 Å². The third kappa shape index (κ3) is 6.83. The molecule has 2 aromatic carbocycles. The Kier molecular flexibility index (Phi) is 8.12. The number of thioether (sulfide) groups is 1. The van der Waals surface area contributed by atoms with Crippen molar-refractivity contribution in [2.75, 3.05) is 24.7 Å². The quantitative estimate of drug-likeness (QED) is 0.438. The van der Waals surface area contributed by atoms with Gasteiger partial charge in [-0.1, -0.05) is 17.8 Å². The van der Waals surface area contributed by atoms with Crippen LogP contribution in [0.1, 0.15) is 11.3 Å². The normalized spacial score (nSPS) is 14.4. The van der Waals surface area contributed by atoms with Gasteiger partial charge in [0, 0.05) is 35.9 Å². The highest BCUT2D eigenvalue weighted by molar-refractivity contribution is 8.01. The van der Waals surface area contributed by atoms with Crippen molar-refractivity contribution in [3.63, 3.8) is 0 Å². The third-order valence-electron chi connectivity index (χ3n) is 4.39. The van der Waals surface area contributed by atoms with Crippen molar-refractivity contribution >= 4 is 29.4 Å². The van der Waals surface area contributed by atoms with Gasteiger partial charge in [-0.15, -0.1) is 0 Å². The number of nitrogens with one attached hydrogen (secondary N) is 3. The summed E-state index contributed by atoms with van der Waals surface area (Å²) in [5, 5.41) is 8.55. The van der Waals surface area contributed by atoms with Crippen molar-refractivity contribution < 1.29 is 22.7 Å². The zero-order valence-corrected chi connectivity index (χ0v) is 18.6. The molecule has 1 aliphatic heterocycles. The van der Waals surface area contributed by atoms with Gasteiger partial charge >= 0.3 is 6.18 Å². The number of fused-ring (bicyclic) bond motifs is 1. The van der Waals surface area contributed by atoms with Crippen LogP contribution in [0.4, 0.5) is 24.5 Å². The summed E-state index contributed by atoms with van der Waals surface area (Å²) in [6.45, 7) is 0.657. The second kappa shape index (κ2) is 11.0. The molecule has 0 aliphatic carbocycles. The Morgan fingerprint density at radius 3 is 2.67 bits per heavy atom. The lowest BCUT2D eigenvalue weighted by Gasteiger charge is -2.07. The Morgan fingerprint density at radius 1 is 1.15 bits per heavy atom. The summed E-state index contributed by atoms with van der Waals surface area (Å²) in [7, 11) is 3.44. The number of rotatable bonds is 6. The van der Waals surface area contributed by atoms with Crippen LogP contribution in [0.2, 0.25) is 0 Å². The maximum Gasteiger partial charge on any atom is 0.416 e. The van der Waals surface area contributed by atoms with E-state index in [9.17, 15) is 18.0 Å². The summed E-state index contributed by atoms with van der Waals surface area (Å²) < 4.78 is 42.0. The molecule has 0 saturated heterocycles. The number of aromatic nitrogens is 2. The Morgan fingerprint density at radius 2 is 1.97 bits per heavy atom. The van der Waals surface area contributed by atoms with E-state index >= 15 is 0 Å². The molecule has 174 valence electrons. The predicted octanol–water partition coefficient (Wildman–Crippen LogP) is 4.78. The Balaban J connectivity index is 0.000000218. The molecule has 1 atom stereocenters. The Labute approximate surface area is 193 Å². The number of nitrogens with zero attached hydrogens (tertiary/aromatic N) is 2. The van der Waals surface area contributed by atoms with Crippen LogP contribution in [0.25, 0.3) is 0 Å². The standard InChI is InChI=1S/C14H14N4O2S.C8H8F3N/c1-15-6-9-4-13(17-8-16-9)20-10-2-3-11-12(5-10)21-14(7-19)18-11;1-12-7-4-2-3-6(5-7)8(9,10)11/h2-5,7-8,14-15,18H,6H2,1H3;2-5,12H,1H3. The molecule has 2 heterocycles. The molecule has 1 aliphatic rings. The second-order valence-electron chi connectivity index (χ2n) is 6.79. The molecule has 0 saturated carbocycles. The summed E-state index contributed by atoms with van der Waals surface area (Å²) in [6, 6.07) is 12.5. The van der Waals surface area contributed by atoms with Crippen LogP contribution in [-0.2, 0) is 17.5 Å². The van der Waals surface area contributed by atoms with E-state index in [-0.39, 0.29) is 5.37 Å². The average Bonchev–Trinajstić information content (AvgIpc) is 3.22. The van der Waals surface area contributed by atoms with E-state index in [0.717, 1.165) is 34.7 Å². The number of anilines is 2. The highest BCUT2D eigenvalue weighted by Crippen LogP contribution is 2.40. The number of carbonyl (C=O) groups excluding carboxylic acids is 1. The van der Waals surface area contributed by atoms with Crippen LogP contribution in [-0.4, -0.2) is 35.7 Å². The lowest BCUT2D eigenvalue weighted by molar-refractivity contribution is -0.137. The molecule has 3 aromatic rings. The molecule has 0 radical (unpaired) electrons. The summed E-state index contributed by atoms with van der Waals surface area (Å²) in [5.41, 5.74) is 1.64. The van der Waals surface area contributed by atoms with Crippen molar-refractivity contribution in [2.24, 2.45) is 0 Å². The number of benzene rings is 2. The van der Waals surface area contributed by atoms with Gasteiger partial charge in [0.2, 0.25) is 5.88 Å². The molecule has 3 N–H and O–H groups in total. The summed E-state index contributed by atoms with van der Waals surface area (Å²) in [6.07, 6.45) is -1.89. The van der Waals surface area contributed by atoms with Gasteiger partial charge in [-0.3, -0.25) is 0 Å². The van der Waals surface area contributed by atoms with E-state index in [1.165, 1.54) is 24.2 Å². The van der Waals surface area contributed by atoms with Gasteiger partial charge < -0.3 is 25.5 Å². The first-order valence-electron chi connectivity index (χ1n) is 9.83. The number of aldehydes is 1. The van der Waals surface area contributed by atoms with Gasteiger partial charge in [0.25, 0.3) is 0 Å². The largest absolute Gasteiger partial charge is 0.439 e. The maximum atomic E-state index is 12.1. The highest BCUT2D eigenvalue weighted by Gasteiger charge is 2.30. The fraction of sp³-hybridized carbons (Fsp3) is 0.227. The molecule has 0 bridgehead atoms. The molecule has 1 unspecified atom stereocenters. The van der Waals surface area contributed by atoms with E-state index in [1.807, 2.05) is 25.2 Å². The van der Waals surface area contributed by atoms with E-state index < -0.39 is 11.7 Å². The van der Waals surface area contributed by atoms with E-state index in [4.69, 9.17) is 4.74 Å². The summed E-state index contributed by atoms with van der Waals surface area (Å²) in [5.74, 6) is 1.18. The van der Waals surface area contributed by atoms with Crippen LogP contribution in [0, 0.1) is 0 Å². The molecule has 33 heavy (non-hydrogen) atoms. The smallest absolute Gasteiger partial charge is 0.416 e. The molecule has 1 aromatic heterocycles. The van der Waals surface area contributed by atoms with Crippen LogP contribution >= 0.6 is 11.8 Å². The van der Waals surface area contributed by atoms with Crippen LogP contribution in [0.15, 0.2) is 59.8 Å². The molecule has 11 heteroatoms. The first-order valence-corrected chi connectivity index (χ1v) is 10.7. The van der Waals surface area contributed by atoms with Crippen molar-refractivity contribution in [1.29, 1.82) is 0 Å². The molecule has 0 spiro atoms. The van der Waals surface area contributed by atoms with Crippen molar-refractivity contribution in [2.45, 2.75) is 23.0 Å². The lowest BCUT2D eigenvalue weighted by atomic mass is 10.2. The van der Waals surface area contributed by atoms with Gasteiger partial charge in [0.1, 0.15) is 17.5 Å². The summed E-state index contributed by atoms with van der Waals surface area (Å²) in [4.78, 5) is 20.1. The zero-order chi connectivity index (χ0) is 23.8. The fourth-order valence-corrected chi connectivity index (χ4v) is 3.80. The van der Waals surface area contributed by atoms with Crippen LogP contribution < -0.4 is 20.7 Å². The van der Waals surface area contributed by atoms with E-state index in [1.54, 1.807) is 19.2 Å². The van der Waals surface area contributed by atoms with Crippen LogP contribution in [0.5, 0.6) is 11.6 Å². The number of hydrogen-bond acceptors (Lipinski definition) is 8. The van der Waals surface area contributed by atoms with Crippen molar-refractivity contribution in [3.8, 4) is 11.6 Å². The molecule has 7 nitrogen and oxygen atoms in total. The number of halogens is 3. The molecular weight excluding hydrogens is 455 g/mol. The highest BCUT2D eigenvalue weighted by atomic mass is 32.2. The monoisotopic (exact) mass is 477 g/mol. The number of carbonyl (C=O) groups is 1. The Bertz CT molecular complexity index is 1100. The van der Waals surface area contributed by atoms with Gasteiger partial charge in [-0.25, -0.2) is 9.97 Å². The van der Waals surface area contributed by atoms with Gasteiger partial charge in [-0.05, 0) is 43.4 Å². The van der Waals surface area contributed by atoms with E-state index in [2.05, 4.69) is 25.9 Å². The first kappa shape index (κ1) is 24.3. The number of alkyl halides is 3. The van der Waals surface area contributed by atoms with Crippen molar-refractivity contribution in [3.05, 3.63) is 66.1 Å². The number of hydrogen-bond donors (Lipinski definition) is 3.